The van der Waals surface area contributed by atoms with Gasteiger partial charge in [-0.3, -0.25) is 4.79 Å². The second kappa shape index (κ2) is 10.1. The van der Waals surface area contributed by atoms with E-state index in [1.54, 1.807) is 18.2 Å². The van der Waals surface area contributed by atoms with Crippen molar-refractivity contribution in [3.05, 3.63) is 42.5 Å². The lowest BCUT2D eigenvalue weighted by Gasteiger charge is -2.15. The summed E-state index contributed by atoms with van der Waals surface area (Å²) in [6, 6.07) is 4.36. The van der Waals surface area contributed by atoms with E-state index in [9.17, 15) is 9.59 Å². The number of methoxy groups -OCH3 is 1. The van der Waals surface area contributed by atoms with E-state index in [-0.39, 0.29) is 13.0 Å². The maximum Gasteiger partial charge on any atom is 0.326 e. The van der Waals surface area contributed by atoms with Gasteiger partial charge in [-0.05, 0) is 37.5 Å². The zero-order chi connectivity index (χ0) is 17.9. The highest BCUT2D eigenvalue weighted by molar-refractivity contribution is 5.84. The van der Waals surface area contributed by atoms with Gasteiger partial charge in [0.2, 0.25) is 0 Å². The predicted octanol–water partition coefficient (Wildman–Crippen LogP) is 2.64. The Morgan fingerprint density at radius 1 is 1.38 bits per heavy atom. The minimum atomic E-state index is -1.08. The minimum absolute atomic E-state index is 0.284. The number of amides is 1. The molecule has 0 bridgehead atoms. The zero-order valence-electron chi connectivity index (χ0n) is 14.0. The van der Waals surface area contributed by atoms with Gasteiger partial charge in [-0.2, -0.15) is 0 Å². The lowest BCUT2D eigenvalue weighted by atomic mass is 10.1. The van der Waals surface area contributed by atoms with E-state index in [2.05, 4.69) is 11.9 Å². The number of hydrogen-bond acceptors (Lipinski definition) is 4. The Hall–Kier alpha value is -2.76. The summed E-state index contributed by atoms with van der Waals surface area (Å²) < 4.78 is 10.7. The summed E-state index contributed by atoms with van der Waals surface area (Å²) in [6.45, 7) is 5.15. The molecule has 6 heteroatoms. The minimum Gasteiger partial charge on any atom is -0.493 e. The molecule has 0 aliphatic carbocycles. The van der Waals surface area contributed by atoms with Crippen LogP contribution in [0.5, 0.6) is 11.5 Å². The van der Waals surface area contributed by atoms with E-state index < -0.39 is 17.9 Å². The highest BCUT2D eigenvalue weighted by Gasteiger charge is 2.19. The van der Waals surface area contributed by atoms with Gasteiger partial charge in [0.05, 0.1) is 7.11 Å². The Labute approximate surface area is 141 Å². The first-order chi connectivity index (χ1) is 11.5. The number of allylic oxidation sites excluding steroid dienone is 2. The molecule has 1 rings (SSSR count). The molecule has 0 aromatic heterocycles. The normalized spacial score (nSPS) is 11.8. The number of carbonyl (C=O) groups excluding carboxylic acids is 1. The molecular formula is C18H23NO5. The second-order valence-corrected chi connectivity index (χ2v) is 5.02. The molecule has 24 heavy (non-hydrogen) atoms. The van der Waals surface area contributed by atoms with Gasteiger partial charge in [-0.1, -0.05) is 24.3 Å². The summed E-state index contributed by atoms with van der Waals surface area (Å²) in [5.41, 5.74) is 0.946. The van der Waals surface area contributed by atoms with Crippen LogP contribution in [0.4, 0.5) is 0 Å². The van der Waals surface area contributed by atoms with Gasteiger partial charge in [-0.25, -0.2) is 4.79 Å². The number of hydrogen-bond donors (Lipinski definition) is 2. The van der Waals surface area contributed by atoms with Crippen molar-refractivity contribution >= 4 is 18.0 Å². The number of aliphatic carboxylic acids is 1. The fourth-order valence-electron chi connectivity index (χ4n) is 2.02. The molecule has 0 heterocycles. The Kier molecular flexibility index (Phi) is 8.11. The van der Waals surface area contributed by atoms with Gasteiger partial charge < -0.3 is 19.9 Å². The standard InChI is InChI=1S/C18H23NO5/c1-4-6-8-14(18(21)22)19-17(20)12-24-15-10-9-13(7-5-2)11-16(15)23-3/h4-5,7,9-11,14H,1,6,8,12H2,2-3H3,(H,19,20)(H,21,22)/b7-5+. The molecule has 0 spiro atoms. The Morgan fingerprint density at radius 3 is 2.71 bits per heavy atom. The quantitative estimate of drug-likeness (QED) is 0.643. The van der Waals surface area contributed by atoms with Crippen molar-refractivity contribution in [1.82, 2.24) is 5.32 Å². The Bertz CT molecular complexity index is 609. The fourth-order valence-corrected chi connectivity index (χ4v) is 2.02. The largest absolute Gasteiger partial charge is 0.493 e. The molecule has 1 aromatic carbocycles. The van der Waals surface area contributed by atoms with Gasteiger partial charge in [0.1, 0.15) is 6.04 Å². The number of carbonyl (C=O) groups is 2. The topological polar surface area (TPSA) is 84.9 Å². The number of carboxylic acids is 1. The predicted molar refractivity (Wildman–Crippen MR) is 92.2 cm³/mol. The summed E-state index contributed by atoms with van der Waals surface area (Å²) in [7, 11) is 1.51. The van der Waals surface area contributed by atoms with Crippen LogP contribution in [0.1, 0.15) is 25.3 Å². The van der Waals surface area contributed by atoms with Crippen LogP contribution in [0.2, 0.25) is 0 Å². The lowest BCUT2D eigenvalue weighted by Crippen LogP contribution is -2.42. The smallest absolute Gasteiger partial charge is 0.326 e. The molecule has 0 fully saturated rings. The molecule has 0 saturated carbocycles. The molecule has 0 aliphatic heterocycles. The van der Waals surface area contributed by atoms with Crippen LogP contribution < -0.4 is 14.8 Å². The molecule has 1 amide bonds. The molecule has 1 atom stereocenters. The molecule has 6 nitrogen and oxygen atoms in total. The van der Waals surface area contributed by atoms with E-state index >= 15 is 0 Å². The molecule has 1 unspecified atom stereocenters. The monoisotopic (exact) mass is 333 g/mol. The van der Waals surface area contributed by atoms with E-state index in [1.165, 1.54) is 7.11 Å². The zero-order valence-corrected chi connectivity index (χ0v) is 14.0. The first kappa shape index (κ1) is 19.3. The maximum absolute atomic E-state index is 11.9. The van der Waals surface area contributed by atoms with Crippen LogP contribution in [0, 0.1) is 0 Å². The number of ether oxygens (including phenoxy) is 2. The van der Waals surface area contributed by atoms with Crippen LogP contribution >= 0.6 is 0 Å². The van der Waals surface area contributed by atoms with Crippen molar-refractivity contribution in [2.75, 3.05) is 13.7 Å². The third kappa shape index (κ3) is 6.16. The average molecular weight is 333 g/mol. The average Bonchev–Trinajstić information content (AvgIpc) is 2.57. The van der Waals surface area contributed by atoms with Crippen molar-refractivity contribution in [2.45, 2.75) is 25.8 Å². The molecule has 0 saturated heterocycles. The number of rotatable bonds is 10. The van der Waals surface area contributed by atoms with Gasteiger partial charge >= 0.3 is 5.97 Å². The van der Waals surface area contributed by atoms with Crippen molar-refractivity contribution in [2.24, 2.45) is 0 Å². The number of carboxylic acid groups (broad SMARTS) is 1. The highest BCUT2D eigenvalue weighted by Crippen LogP contribution is 2.28. The van der Waals surface area contributed by atoms with Crippen LogP contribution in [0.25, 0.3) is 6.08 Å². The van der Waals surface area contributed by atoms with Crippen molar-refractivity contribution in [1.29, 1.82) is 0 Å². The Balaban J connectivity index is 2.65. The first-order valence-corrected chi connectivity index (χ1v) is 7.58. The van der Waals surface area contributed by atoms with Crippen LogP contribution in [-0.2, 0) is 9.59 Å². The van der Waals surface area contributed by atoms with Gasteiger partial charge in [0.25, 0.3) is 5.91 Å². The third-order valence-electron chi connectivity index (χ3n) is 3.20. The van der Waals surface area contributed by atoms with E-state index in [1.807, 2.05) is 25.1 Å². The van der Waals surface area contributed by atoms with E-state index in [0.29, 0.717) is 17.9 Å². The summed E-state index contributed by atoms with van der Waals surface area (Å²) in [5, 5.41) is 11.5. The highest BCUT2D eigenvalue weighted by atomic mass is 16.5. The fraction of sp³-hybridized carbons (Fsp3) is 0.333. The molecule has 0 radical (unpaired) electrons. The van der Waals surface area contributed by atoms with Gasteiger partial charge in [0.15, 0.2) is 18.1 Å². The summed E-state index contributed by atoms with van der Waals surface area (Å²) in [5.74, 6) is -0.678. The van der Waals surface area contributed by atoms with Crippen LogP contribution in [0.3, 0.4) is 0 Å². The third-order valence-corrected chi connectivity index (χ3v) is 3.20. The van der Waals surface area contributed by atoms with Crippen LogP contribution in [0.15, 0.2) is 36.9 Å². The summed E-state index contributed by atoms with van der Waals surface area (Å²) in [6.07, 6.45) is 6.20. The summed E-state index contributed by atoms with van der Waals surface area (Å²) >= 11 is 0. The molecule has 1 aromatic rings. The number of benzene rings is 1. The molecular weight excluding hydrogens is 310 g/mol. The van der Waals surface area contributed by atoms with Gasteiger partial charge in [-0.15, -0.1) is 6.58 Å². The van der Waals surface area contributed by atoms with Gasteiger partial charge in [0, 0.05) is 0 Å². The first-order valence-electron chi connectivity index (χ1n) is 7.58. The Morgan fingerprint density at radius 2 is 2.12 bits per heavy atom. The SMILES string of the molecule is C=CCCC(NC(=O)COc1ccc(/C=C/C)cc1OC)C(=O)O. The van der Waals surface area contributed by atoms with Crippen molar-refractivity contribution in [3.63, 3.8) is 0 Å². The van der Waals surface area contributed by atoms with Crippen molar-refractivity contribution in [3.8, 4) is 11.5 Å². The molecule has 2 N–H and O–H groups in total. The van der Waals surface area contributed by atoms with Crippen LogP contribution in [-0.4, -0.2) is 36.7 Å². The number of nitrogens with one attached hydrogen (secondary N) is 1. The lowest BCUT2D eigenvalue weighted by molar-refractivity contribution is -0.142. The maximum atomic E-state index is 11.9. The van der Waals surface area contributed by atoms with E-state index in [4.69, 9.17) is 14.6 Å². The second-order valence-electron chi connectivity index (χ2n) is 5.02. The molecule has 130 valence electrons. The van der Waals surface area contributed by atoms with Crippen molar-refractivity contribution < 1.29 is 24.2 Å². The summed E-state index contributed by atoms with van der Waals surface area (Å²) in [4.78, 5) is 23.0. The molecule has 0 aliphatic rings. The van der Waals surface area contributed by atoms with E-state index in [0.717, 1.165) is 5.56 Å².